The van der Waals surface area contributed by atoms with Crippen LogP contribution in [0.5, 0.6) is 0 Å². The Balaban J connectivity index is 1.48. The van der Waals surface area contributed by atoms with Crippen molar-refractivity contribution < 1.29 is 23.9 Å². The van der Waals surface area contributed by atoms with Gasteiger partial charge in [0.2, 0.25) is 5.91 Å². The highest BCUT2D eigenvalue weighted by Crippen LogP contribution is 2.37. The highest BCUT2D eigenvalue weighted by molar-refractivity contribution is 5.92. The van der Waals surface area contributed by atoms with Crippen molar-refractivity contribution in [1.29, 1.82) is 0 Å². The number of Topliss-reactive ketones (excluding diaryl/α,β-unsaturated/α-hetero) is 1. The normalized spacial score (nSPS) is 29.0. The summed E-state index contributed by atoms with van der Waals surface area (Å²) >= 11 is 0. The largest absolute Gasteiger partial charge is 0.455 e. The van der Waals surface area contributed by atoms with Crippen LogP contribution in [0.4, 0.5) is 0 Å². The van der Waals surface area contributed by atoms with Gasteiger partial charge in [-0.3, -0.25) is 24.2 Å². The number of hydrazine groups is 1. The Kier molecular flexibility index (Phi) is 9.06. The number of pyridine rings is 1. The number of rotatable bonds is 3. The Bertz CT molecular complexity index is 1380. The molecule has 1 saturated heterocycles. The summed E-state index contributed by atoms with van der Waals surface area (Å²) in [6, 6.07) is 8.27. The SMILES string of the molecule is CC(C)[C@@H]1CC(=O)[C@H](CC2CC2)/C=C/c2ccc3ccc(nc3c2)[C@@H](C)OC(=O)[C@@H]2CCCN(N2)C(=O)[C@H](C)NC1=O. The van der Waals surface area contributed by atoms with Gasteiger partial charge in [-0.1, -0.05) is 57.0 Å². The summed E-state index contributed by atoms with van der Waals surface area (Å²) in [7, 11) is 0. The maximum atomic E-state index is 13.6. The van der Waals surface area contributed by atoms with E-state index in [1.807, 2.05) is 56.3 Å². The van der Waals surface area contributed by atoms with E-state index in [1.165, 1.54) is 5.01 Å². The van der Waals surface area contributed by atoms with Crippen LogP contribution in [0.1, 0.15) is 83.6 Å². The summed E-state index contributed by atoms with van der Waals surface area (Å²) in [4.78, 5) is 58.2. The molecule has 0 spiro atoms. The minimum atomic E-state index is -0.825. The van der Waals surface area contributed by atoms with Gasteiger partial charge in [-0.2, -0.15) is 0 Å². The summed E-state index contributed by atoms with van der Waals surface area (Å²) in [6.07, 6.45) is 7.63. The molecule has 2 aliphatic heterocycles. The number of ketones is 1. The van der Waals surface area contributed by atoms with Gasteiger partial charge in [0.25, 0.3) is 5.91 Å². The van der Waals surface area contributed by atoms with Crippen molar-refractivity contribution in [2.45, 2.75) is 84.4 Å². The van der Waals surface area contributed by atoms with Gasteiger partial charge in [-0.15, -0.1) is 0 Å². The second-order valence-electron chi connectivity index (χ2n) is 12.5. The molecule has 2 N–H and O–H groups in total. The quantitative estimate of drug-likeness (QED) is 0.518. The van der Waals surface area contributed by atoms with E-state index < -0.39 is 30.1 Å². The van der Waals surface area contributed by atoms with Gasteiger partial charge >= 0.3 is 5.97 Å². The molecule has 0 unspecified atom stereocenters. The summed E-state index contributed by atoms with van der Waals surface area (Å²) in [5.74, 6) is -1.45. The maximum Gasteiger partial charge on any atom is 0.325 e. The monoisotopic (exact) mass is 574 g/mol. The third-order valence-corrected chi connectivity index (χ3v) is 8.69. The Hall–Kier alpha value is -3.59. The van der Waals surface area contributed by atoms with Crippen LogP contribution in [0.3, 0.4) is 0 Å². The average molecular weight is 575 g/mol. The fourth-order valence-corrected chi connectivity index (χ4v) is 5.78. The van der Waals surface area contributed by atoms with Crippen LogP contribution in [0.2, 0.25) is 0 Å². The molecule has 3 heterocycles. The molecule has 5 rings (SSSR count). The van der Waals surface area contributed by atoms with Gasteiger partial charge in [0.1, 0.15) is 24.0 Å². The summed E-state index contributed by atoms with van der Waals surface area (Å²) in [6.45, 7) is 7.69. The molecule has 1 saturated carbocycles. The number of amides is 2. The van der Waals surface area contributed by atoms with Crippen molar-refractivity contribution in [3.8, 4) is 0 Å². The molecule has 9 nitrogen and oxygen atoms in total. The molecule has 0 radical (unpaired) electrons. The summed E-state index contributed by atoms with van der Waals surface area (Å²) < 4.78 is 5.78. The first-order chi connectivity index (χ1) is 20.1. The molecule has 5 atom stereocenters. The highest BCUT2D eigenvalue weighted by atomic mass is 16.5. The lowest BCUT2D eigenvalue weighted by molar-refractivity contribution is -0.157. The molecule has 1 aromatic carbocycles. The lowest BCUT2D eigenvalue weighted by Gasteiger charge is -2.35. The molecular formula is C33H42N4O5. The number of hydrogen-bond donors (Lipinski definition) is 2. The molecule has 5 bridgehead atoms. The van der Waals surface area contributed by atoms with Crippen LogP contribution in [-0.2, 0) is 23.9 Å². The summed E-state index contributed by atoms with van der Waals surface area (Å²) in [5.41, 5.74) is 5.33. The van der Waals surface area contributed by atoms with Crippen LogP contribution < -0.4 is 10.7 Å². The Morgan fingerprint density at radius 3 is 2.55 bits per heavy atom. The number of carbonyl (C=O) groups is 4. The predicted octanol–water partition coefficient (Wildman–Crippen LogP) is 4.51. The minimum Gasteiger partial charge on any atom is -0.455 e. The lowest BCUT2D eigenvalue weighted by atomic mass is 9.84. The molecule has 2 fully saturated rings. The fourth-order valence-electron chi connectivity index (χ4n) is 5.78. The molecule has 3 aliphatic rings. The van der Waals surface area contributed by atoms with Gasteiger partial charge in [0, 0.05) is 30.2 Å². The second kappa shape index (κ2) is 12.7. The van der Waals surface area contributed by atoms with Gasteiger partial charge in [-0.05, 0) is 62.6 Å². The van der Waals surface area contributed by atoms with Gasteiger partial charge in [0.15, 0.2) is 0 Å². The van der Waals surface area contributed by atoms with Crippen molar-refractivity contribution in [2.24, 2.45) is 23.7 Å². The van der Waals surface area contributed by atoms with Gasteiger partial charge in [-0.25, -0.2) is 10.4 Å². The number of carbonyl (C=O) groups excluding carboxylic acids is 4. The highest BCUT2D eigenvalue weighted by Gasteiger charge is 2.35. The fraction of sp³-hybridized carbons (Fsp3) is 0.545. The number of cyclic esters (lactones) is 1. The van der Waals surface area contributed by atoms with Crippen LogP contribution in [-0.4, -0.2) is 52.2 Å². The van der Waals surface area contributed by atoms with Crippen molar-refractivity contribution in [3.63, 3.8) is 0 Å². The predicted molar refractivity (Wildman–Crippen MR) is 160 cm³/mol. The number of hydrogen-bond acceptors (Lipinski definition) is 7. The van der Waals surface area contributed by atoms with Crippen LogP contribution in [0.15, 0.2) is 36.4 Å². The molecule has 224 valence electrons. The van der Waals surface area contributed by atoms with Crippen molar-refractivity contribution in [3.05, 3.63) is 47.7 Å². The van der Waals surface area contributed by atoms with Crippen molar-refractivity contribution in [2.75, 3.05) is 6.54 Å². The van der Waals surface area contributed by atoms with E-state index in [4.69, 9.17) is 9.72 Å². The standard InChI is InChI=1S/C33H42N4O5/c1-19(2)26-18-30(38)25(16-22-7-8-22)12-10-23-9-11-24-13-14-27(35-29(24)17-23)21(4)42-33(41)28-6-5-15-37(36-28)32(40)20(3)34-31(26)39/h9-14,17,19-22,25-26,28,36H,5-8,15-16,18H2,1-4H3,(H,34,39)/b12-10+/t20-,21+,25-,26-,28-/m0/s1. The number of aromatic nitrogens is 1. The first-order valence-corrected chi connectivity index (χ1v) is 15.3. The van der Waals surface area contributed by atoms with E-state index >= 15 is 0 Å². The Morgan fingerprint density at radius 1 is 1.05 bits per heavy atom. The minimum absolute atomic E-state index is 0.0445. The molecule has 2 aromatic rings. The number of ether oxygens (including phenoxy) is 1. The van der Waals surface area contributed by atoms with Crippen LogP contribution >= 0.6 is 0 Å². The second-order valence-corrected chi connectivity index (χ2v) is 12.5. The number of fused-ring (bicyclic) bond motifs is 4. The summed E-state index contributed by atoms with van der Waals surface area (Å²) in [5, 5.41) is 5.20. The van der Waals surface area contributed by atoms with Gasteiger partial charge in [0.05, 0.1) is 11.2 Å². The Labute approximate surface area is 247 Å². The first kappa shape index (κ1) is 29.9. The van der Waals surface area contributed by atoms with E-state index in [0.717, 1.165) is 35.7 Å². The molecule has 2 amide bonds. The van der Waals surface area contributed by atoms with E-state index in [-0.39, 0.29) is 35.9 Å². The smallest absolute Gasteiger partial charge is 0.325 e. The Morgan fingerprint density at radius 2 is 1.81 bits per heavy atom. The van der Waals surface area contributed by atoms with Crippen LogP contribution in [0.25, 0.3) is 17.0 Å². The van der Waals surface area contributed by atoms with Gasteiger partial charge < -0.3 is 10.1 Å². The van der Waals surface area contributed by atoms with E-state index in [2.05, 4.69) is 10.7 Å². The molecular weight excluding hydrogens is 532 g/mol. The van der Waals surface area contributed by atoms with E-state index in [0.29, 0.717) is 31.0 Å². The van der Waals surface area contributed by atoms with Crippen molar-refractivity contribution in [1.82, 2.24) is 20.7 Å². The third kappa shape index (κ3) is 7.06. The number of nitrogens with one attached hydrogen (secondary N) is 2. The number of esters is 1. The molecule has 9 heteroatoms. The van der Waals surface area contributed by atoms with E-state index in [1.54, 1.807) is 13.8 Å². The molecule has 42 heavy (non-hydrogen) atoms. The third-order valence-electron chi connectivity index (χ3n) is 8.69. The molecule has 1 aromatic heterocycles. The van der Waals surface area contributed by atoms with Crippen molar-refractivity contribution >= 4 is 40.5 Å². The zero-order chi connectivity index (χ0) is 30.0. The molecule has 1 aliphatic carbocycles. The van der Waals surface area contributed by atoms with E-state index in [9.17, 15) is 19.2 Å². The maximum absolute atomic E-state index is 13.6. The average Bonchev–Trinajstić information content (AvgIpc) is 3.80. The zero-order valence-electron chi connectivity index (χ0n) is 25.0. The number of allylic oxidation sites excluding steroid dienone is 1. The zero-order valence-corrected chi connectivity index (χ0v) is 25.0. The number of benzene rings is 1. The topological polar surface area (TPSA) is 118 Å². The first-order valence-electron chi connectivity index (χ1n) is 15.3. The number of nitrogens with zero attached hydrogens (tertiary/aromatic N) is 2. The van der Waals surface area contributed by atoms with Crippen LogP contribution in [0, 0.1) is 23.7 Å². The lowest BCUT2D eigenvalue weighted by Crippen LogP contribution is -2.59.